The van der Waals surface area contributed by atoms with Gasteiger partial charge in [0.05, 0.1) is 12.5 Å². The number of benzene rings is 2. The Bertz CT molecular complexity index is 1100. The predicted molar refractivity (Wildman–Crippen MR) is 113 cm³/mol. The number of anilines is 1. The highest BCUT2D eigenvalue weighted by molar-refractivity contribution is 5.92. The molecule has 2 aromatic carbocycles. The van der Waals surface area contributed by atoms with E-state index >= 15 is 0 Å². The second-order valence-corrected chi connectivity index (χ2v) is 6.80. The zero-order chi connectivity index (χ0) is 20.9. The number of ether oxygens (including phenoxy) is 1. The first-order chi connectivity index (χ1) is 14.6. The van der Waals surface area contributed by atoms with Crippen molar-refractivity contribution in [1.29, 1.82) is 0 Å². The van der Waals surface area contributed by atoms with Crippen molar-refractivity contribution in [1.82, 2.24) is 14.9 Å². The van der Waals surface area contributed by atoms with Crippen LogP contribution in [-0.4, -0.2) is 26.7 Å². The molecule has 3 aromatic rings. The smallest absolute Gasteiger partial charge is 0.321 e. The second-order valence-electron chi connectivity index (χ2n) is 6.80. The third-order valence-corrected chi connectivity index (χ3v) is 4.72. The number of carbonyl (C=O) groups excluding carboxylic acids is 2. The zero-order valence-corrected chi connectivity index (χ0v) is 16.4. The fourth-order valence-electron chi connectivity index (χ4n) is 3.38. The van der Waals surface area contributed by atoms with Gasteiger partial charge in [-0.1, -0.05) is 30.3 Å². The summed E-state index contributed by atoms with van der Waals surface area (Å²) in [7, 11) is 0. The van der Waals surface area contributed by atoms with Gasteiger partial charge in [-0.05, 0) is 35.4 Å². The van der Waals surface area contributed by atoms with Crippen LogP contribution in [0.15, 0.2) is 73.2 Å². The van der Waals surface area contributed by atoms with Gasteiger partial charge in [0, 0.05) is 37.3 Å². The standard InChI is InChI=1S/C23H20N4O3/c1-16(28)27-13-10-17-6-2-3-9-20(17)21(27)15-22(29)26-18-7-4-8-19(14-18)30-23-24-11-5-12-25-23/h2-14,21H,15H2,1H3,(H,26,29). The molecule has 0 spiro atoms. The van der Waals surface area contributed by atoms with E-state index in [0.29, 0.717) is 11.4 Å². The maximum absolute atomic E-state index is 12.8. The Balaban J connectivity index is 1.48. The normalized spacial score (nSPS) is 14.7. The van der Waals surface area contributed by atoms with Crippen molar-refractivity contribution in [3.8, 4) is 11.8 Å². The third-order valence-electron chi connectivity index (χ3n) is 4.72. The Morgan fingerprint density at radius 2 is 1.87 bits per heavy atom. The van der Waals surface area contributed by atoms with Gasteiger partial charge in [-0.2, -0.15) is 0 Å². The largest absolute Gasteiger partial charge is 0.424 e. The van der Waals surface area contributed by atoms with Crippen molar-refractivity contribution >= 4 is 23.6 Å². The van der Waals surface area contributed by atoms with Gasteiger partial charge in [0.2, 0.25) is 11.8 Å². The molecule has 1 aliphatic rings. The number of carbonyl (C=O) groups is 2. The average Bonchev–Trinajstić information content (AvgIpc) is 2.74. The maximum Gasteiger partial charge on any atom is 0.321 e. The second kappa shape index (κ2) is 8.57. The van der Waals surface area contributed by atoms with Crippen LogP contribution in [0.1, 0.15) is 30.5 Å². The monoisotopic (exact) mass is 400 g/mol. The molecule has 0 saturated heterocycles. The van der Waals surface area contributed by atoms with Gasteiger partial charge >= 0.3 is 6.01 Å². The Morgan fingerprint density at radius 3 is 2.67 bits per heavy atom. The number of nitrogens with one attached hydrogen (secondary N) is 1. The van der Waals surface area contributed by atoms with Crippen LogP contribution in [0.2, 0.25) is 0 Å². The number of rotatable bonds is 5. The number of hydrogen-bond acceptors (Lipinski definition) is 5. The molecule has 0 bridgehead atoms. The molecule has 0 radical (unpaired) electrons. The molecule has 1 N–H and O–H groups in total. The first-order valence-electron chi connectivity index (χ1n) is 9.51. The van der Waals surface area contributed by atoms with Crippen molar-refractivity contribution < 1.29 is 14.3 Å². The van der Waals surface area contributed by atoms with E-state index in [1.54, 1.807) is 53.8 Å². The minimum absolute atomic E-state index is 0.114. The van der Waals surface area contributed by atoms with Crippen molar-refractivity contribution in [3.05, 3.63) is 84.3 Å². The van der Waals surface area contributed by atoms with Gasteiger partial charge in [0.25, 0.3) is 0 Å². The van der Waals surface area contributed by atoms with Gasteiger partial charge in [-0.3, -0.25) is 9.59 Å². The summed E-state index contributed by atoms with van der Waals surface area (Å²) >= 11 is 0. The molecule has 1 aliphatic heterocycles. The van der Waals surface area contributed by atoms with Crippen molar-refractivity contribution in [2.24, 2.45) is 0 Å². The lowest BCUT2D eigenvalue weighted by molar-refractivity contribution is -0.129. The van der Waals surface area contributed by atoms with E-state index in [-0.39, 0.29) is 30.3 Å². The van der Waals surface area contributed by atoms with E-state index < -0.39 is 0 Å². The lowest BCUT2D eigenvalue weighted by atomic mass is 9.93. The van der Waals surface area contributed by atoms with E-state index in [2.05, 4.69) is 15.3 Å². The lowest BCUT2D eigenvalue weighted by Crippen LogP contribution is -2.33. The Labute approximate surface area is 174 Å². The zero-order valence-electron chi connectivity index (χ0n) is 16.4. The summed E-state index contributed by atoms with van der Waals surface area (Å²) in [6.45, 7) is 1.50. The van der Waals surface area contributed by atoms with Gasteiger partial charge in [0.1, 0.15) is 5.75 Å². The topological polar surface area (TPSA) is 84.4 Å². The van der Waals surface area contributed by atoms with Crippen LogP contribution in [0, 0.1) is 0 Å². The number of amides is 2. The van der Waals surface area contributed by atoms with E-state index in [1.165, 1.54) is 6.92 Å². The van der Waals surface area contributed by atoms with E-state index in [9.17, 15) is 9.59 Å². The Hall–Kier alpha value is -4.00. The van der Waals surface area contributed by atoms with Crippen LogP contribution in [0.25, 0.3) is 6.08 Å². The minimum Gasteiger partial charge on any atom is -0.424 e. The fraction of sp³-hybridized carbons (Fsp3) is 0.130. The number of hydrogen-bond donors (Lipinski definition) is 1. The molecule has 150 valence electrons. The maximum atomic E-state index is 12.8. The van der Waals surface area contributed by atoms with Gasteiger partial charge in [-0.15, -0.1) is 0 Å². The highest BCUT2D eigenvalue weighted by atomic mass is 16.5. The molecule has 1 unspecified atom stereocenters. The quantitative estimate of drug-likeness (QED) is 0.695. The summed E-state index contributed by atoms with van der Waals surface area (Å²) in [5, 5.41) is 2.88. The Morgan fingerprint density at radius 1 is 1.07 bits per heavy atom. The summed E-state index contributed by atoms with van der Waals surface area (Å²) in [5.41, 5.74) is 2.54. The van der Waals surface area contributed by atoms with Crippen molar-refractivity contribution in [3.63, 3.8) is 0 Å². The molecule has 7 heteroatoms. The van der Waals surface area contributed by atoms with Crippen LogP contribution in [0.3, 0.4) is 0 Å². The van der Waals surface area contributed by atoms with Crippen LogP contribution in [0.5, 0.6) is 11.8 Å². The molecule has 2 heterocycles. The minimum atomic E-state index is -0.360. The molecule has 4 rings (SSSR count). The van der Waals surface area contributed by atoms with E-state index in [4.69, 9.17) is 4.74 Å². The summed E-state index contributed by atoms with van der Waals surface area (Å²) in [6.07, 6.45) is 6.93. The summed E-state index contributed by atoms with van der Waals surface area (Å²) < 4.78 is 5.61. The van der Waals surface area contributed by atoms with Gasteiger partial charge in [-0.25, -0.2) is 9.97 Å². The molecule has 1 atom stereocenters. The predicted octanol–water partition coefficient (Wildman–Crippen LogP) is 4.17. The fourth-order valence-corrected chi connectivity index (χ4v) is 3.38. The number of fused-ring (bicyclic) bond motifs is 1. The third kappa shape index (κ3) is 4.35. The Kier molecular flexibility index (Phi) is 5.52. The van der Waals surface area contributed by atoms with Crippen LogP contribution < -0.4 is 10.1 Å². The molecule has 7 nitrogen and oxygen atoms in total. The molecule has 1 aromatic heterocycles. The van der Waals surface area contributed by atoms with Crippen LogP contribution in [0.4, 0.5) is 5.69 Å². The number of nitrogens with zero attached hydrogens (tertiary/aromatic N) is 3. The van der Waals surface area contributed by atoms with E-state index in [1.807, 2.05) is 30.3 Å². The van der Waals surface area contributed by atoms with E-state index in [0.717, 1.165) is 11.1 Å². The summed E-state index contributed by atoms with van der Waals surface area (Å²) in [6, 6.07) is 16.3. The van der Waals surface area contributed by atoms with Crippen molar-refractivity contribution in [2.45, 2.75) is 19.4 Å². The van der Waals surface area contributed by atoms with Gasteiger partial charge < -0.3 is 15.0 Å². The van der Waals surface area contributed by atoms with Gasteiger partial charge in [0.15, 0.2) is 0 Å². The molecule has 30 heavy (non-hydrogen) atoms. The SMILES string of the molecule is CC(=O)N1C=Cc2ccccc2C1CC(=O)Nc1cccc(Oc2ncccn2)c1. The molecule has 0 saturated carbocycles. The molecule has 2 amide bonds. The first kappa shape index (κ1) is 19.3. The summed E-state index contributed by atoms with van der Waals surface area (Å²) in [5.74, 6) is 0.191. The first-order valence-corrected chi connectivity index (χ1v) is 9.51. The average molecular weight is 400 g/mol. The highest BCUT2D eigenvalue weighted by Crippen LogP contribution is 2.33. The molecule has 0 aliphatic carbocycles. The van der Waals surface area contributed by atoms with Crippen LogP contribution in [-0.2, 0) is 9.59 Å². The lowest BCUT2D eigenvalue weighted by Gasteiger charge is -2.32. The van der Waals surface area contributed by atoms with Crippen molar-refractivity contribution in [2.75, 3.05) is 5.32 Å². The summed E-state index contributed by atoms with van der Waals surface area (Å²) in [4.78, 5) is 34.5. The van der Waals surface area contributed by atoms with Crippen LogP contribution >= 0.6 is 0 Å². The molecule has 0 fully saturated rings. The highest BCUT2D eigenvalue weighted by Gasteiger charge is 2.28. The number of aromatic nitrogens is 2. The molecular weight excluding hydrogens is 380 g/mol. The molecular formula is C23H20N4O3.